The smallest absolute Gasteiger partial charge is 0.0741 e. The summed E-state index contributed by atoms with van der Waals surface area (Å²) in [6.45, 7) is 4.93. The fraction of sp³-hybridized carbons (Fsp3) is 0.895. The molecule has 0 aliphatic heterocycles. The molecule has 112 valence electrons. The minimum absolute atomic E-state index is 0.0537. The van der Waals surface area contributed by atoms with Crippen LogP contribution in [0.3, 0.4) is 0 Å². The fourth-order valence-electron chi connectivity index (χ4n) is 6.77. The summed E-state index contributed by atoms with van der Waals surface area (Å²) in [4.78, 5) is 0. The molecule has 4 rings (SSSR count). The predicted octanol–water partition coefficient (Wildman–Crippen LogP) is 4.70. The van der Waals surface area contributed by atoms with E-state index in [1.54, 1.807) is 0 Å². The lowest BCUT2D eigenvalue weighted by atomic mass is 9.45. The van der Waals surface area contributed by atoms with E-state index in [9.17, 15) is 5.11 Å². The first-order chi connectivity index (χ1) is 9.49. The van der Waals surface area contributed by atoms with Gasteiger partial charge in [-0.05, 0) is 74.5 Å². The van der Waals surface area contributed by atoms with Crippen molar-refractivity contribution in [3.05, 3.63) is 12.2 Å². The molecule has 0 saturated heterocycles. The van der Waals surface area contributed by atoms with Gasteiger partial charge in [-0.15, -0.1) is 0 Å². The van der Waals surface area contributed by atoms with Crippen molar-refractivity contribution in [3.63, 3.8) is 0 Å². The van der Waals surface area contributed by atoms with Gasteiger partial charge in [0.25, 0.3) is 0 Å². The molecule has 0 aromatic rings. The largest absolute Gasteiger partial charge is 0.389 e. The van der Waals surface area contributed by atoms with Crippen LogP contribution in [0.1, 0.15) is 71.6 Å². The third-order valence-corrected chi connectivity index (χ3v) is 8.07. The maximum atomic E-state index is 11.2. The zero-order chi connectivity index (χ0) is 14.0. The first-order valence-corrected chi connectivity index (χ1v) is 8.89. The normalized spacial score (nSPS) is 57.9. The molecule has 20 heavy (non-hydrogen) atoms. The molecule has 4 aliphatic rings. The van der Waals surface area contributed by atoms with E-state index in [1.165, 1.54) is 38.5 Å². The molecule has 1 unspecified atom stereocenters. The van der Waals surface area contributed by atoms with Crippen molar-refractivity contribution >= 4 is 0 Å². The summed E-state index contributed by atoms with van der Waals surface area (Å²) in [7, 11) is 0. The van der Waals surface area contributed by atoms with Crippen molar-refractivity contribution in [1.82, 2.24) is 0 Å². The Balaban J connectivity index is 1.72. The summed E-state index contributed by atoms with van der Waals surface area (Å²) in [5, 5.41) is 11.2. The molecule has 6 atom stereocenters. The van der Waals surface area contributed by atoms with Crippen molar-refractivity contribution in [1.29, 1.82) is 0 Å². The van der Waals surface area contributed by atoms with E-state index in [0.29, 0.717) is 5.41 Å². The quantitative estimate of drug-likeness (QED) is 0.635. The fourth-order valence-corrected chi connectivity index (χ4v) is 6.77. The standard InChI is InChI=1S/C19H30O/c1-17-9-5-6-15(17)14-7-13-19(20)11-4-3-10-18(19,2)16(14)8-12-17/h3,10,14-16,20H,4-9,11-13H2,1-2H3/t14-,15-,16+,17-,18+,19?/m0/s1. The van der Waals surface area contributed by atoms with Crippen LogP contribution in [-0.4, -0.2) is 10.7 Å². The lowest BCUT2D eigenvalue weighted by Gasteiger charge is -2.61. The molecule has 0 aromatic heterocycles. The van der Waals surface area contributed by atoms with E-state index in [2.05, 4.69) is 26.0 Å². The summed E-state index contributed by atoms with van der Waals surface area (Å²) in [6.07, 6.45) is 16.3. The maximum absolute atomic E-state index is 11.2. The van der Waals surface area contributed by atoms with E-state index in [-0.39, 0.29) is 5.41 Å². The zero-order valence-corrected chi connectivity index (χ0v) is 13.2. The molecule has 3 fully saturated rings. The van der Waals surface area contributed by atoms with E-state index in [0.717, 1.165) is 37.0 Å². The number of allylic oxidation sites excluding steroid dienone is 1. The molecule has 0 radical (unpaired) electrons. The van der Waals surface area contributed by atoms with Gasteiger partial charge in [0, 0.05) is 5.41 Å². The summed E-state index contributed by atoms with van der Waals surface area (Å²) < 4.78 is 0. The Morgan fingerprint density at radius 1 is 0.950 bits per heavy atom. The lowest BCUT2D eigenvalue weighted by Crippen LogP contribution is -2.59. The van der Waals surface area contributed by atoms with Crippen LogP contribution < -0.4 is 0 Å². The topological polar surface area (TPSA) is 20.2 Å². The van der Waals surface area contributed by atoms with E-state index in [1.807, 2.05) is 0 Å². The highest BCUT2D eigenvalue weighted by atomic mass is 16.3. The molecular formula is C19H30O. The molecule has 0 amide bonds. The second kappa shape index (κ2) is 4.12. The van der Waals surface area contributed by atoms with Crippen LogP contribution in [0.2, 0.25) is 0 Å². The number of rotatable bonds is 0. The number of hydrogen-bond donors (Lipinski definition) is 1. The summed E-state index contributed by atoms with van der Waals surface area (Å²) in [6, 6.07) is 0. The molecule has 0 heterocycles. The van der Waals surface area contributed by atoms with Gasteiger partial charge in [-0.25, -0.2) is 0 Å². The number of hydrogen-bond acceptors (Lipinski definition) is 1. The highest BCUT2D eigenvalue weighted by Crippen LogP contribution is 2.66. The van der Waals surface area contributed by atoms with Gasteiger partial charge < -0.3 is 5.11 Å². The Bertz CT molecular complexity index is 441. The molecule has 0 bridgehead atoms. The van der Waals surface area contributed by atoms with Gasteiger partial charge in [-0.3, -0.25) is 0 Å². The van der Waals surface area contributed by atoms with Gasteiger partial charge in [0.15, 0.2) is 0 Å². The minimum atomic E-state index is -0.407. The molecule has 3 saturated carbocycles. The average molecular weight is 274 g/mol. The van der Waals surface area contributed by atoms with Crippen LogP contribution in [0, 0.1) is 28.6 Å². The van der Waals surface area contributed by atoms with Gasteiger partial charge in [0.2, 0.25) is 0 Å². The van der Waals surface area contributed by atoms with Crippen LogP contribution in [0.25, 0.3) is 0 Å². The van der Waals surface area contributed by atoms with Crippen LogP contribution in [0.5, 0.6) is 0 Å². The monoisotopic (exact) mass is 274 g/mol. The van der Waals surface area contributed by atoms with E-state index >= 15 is 0 Å². The summed E-state index contributed by atoms with van der Waals surface area (Å²) >= 11 is 0. The second-order valence-corrected chi connectivity index (χ2v) is 8.76. The second-order valence-electron chi connectivity index (χ2n) is 8.76. The van der Waals surface area contributed by atoms with E-state index in [4.69, 9.17) is 0 Å². The molecule has 1 N–H and O–H groups in total. The lowest BCUT2D eigenvalue weighted by molar-refractivity contribution is -0.167. The third-order valence-electron chi connectivity index (χ3n) is 8.07. The average Bonchev–Trinajstić information content (AvgIpc) is 2.81. The van der Waals surface area contributed by atoms with Gasteiger partial charge in [-0.1, -0.05) is 32.4 Å². The van der Waals surface area contributed by atoms with Gasteiger partial charge >= 0.3 is 0 Å². The van der Waals surface area contributed by atoms with Crippen molar-refractivity contribution in [2.75, 3.05) is 0 Å². The van der Waals surface area contributed by atoms with Gasteiger partial charge in [0.1, 0.15) is 0 Å². The van der Waals surface area contributed by atoms with Crippen molar-refractivity contribution in [2.45, 2.75) is 77.2 Å². The highest BCUT2D eigenvalue weighted by molar-refractivity contribution is 5.20. The summed E-state index contributed by atoms with van der Waals surface area (Å²) in [5.41, 5.74) is 0.277. The molecular weight excluding hydrogens is 244 g/mol. The predicted molar refractivity (Wildman–Crippen MR) is 82.3 cm³/mol. The van der Waals surface area contributed by atoms with E-state index < -0.39 is 5.60 Å². The van der Waals surface area contributed by atoms with Crippen molar-refractivity contribution in [3.8, 4) is 0 Å². The number of fused-ring (bicyclic) bond motifs is 5. The van der Waals surface area contributed by atoms with Crippen molar-refractivity contribution in [2.24, 2.45) is 28.6 Å². The Kier molecular flexibility index (Phi) is 2.76. The molecule has 0 spiro atoms. The zero-order valence-electron chi connectivity index (χ0n) is 13.2. The summed E-state index contributed by atoms with van der Waals surface area (Å²) in [5.74, 6) is 2.55. The Hall–Kier alpha value is -0.300. The van der Waals surface area contributed by atoms with Crippen LogP contribution >= 0.6 is 0 Å². The van der Waals surface area contributed by atoms with Gasteiger partial charge in [0.05, 0.1) is 5.60 Å². The van der Waals surface area contributed by atoms with Gasteiger partial charge in [-0.2, -0.15) is 0 Å². The Morgan fingerprint density at radius 3 is 2.65 bits per heavy atom. The highest BCUT2D eigenvalue weighted by Gasteiger charge is 2.61. The number of aliphatic hydroxyl groups is 1. The van der Waals surface area contributed by atoms with Crippen LogP contribution in [0.4, 0.5) is 0 Å². The molecule has 4 aliphatic carbocycles. The maximum Gasteiger partial charge on any atom is 0.0741 e. The Morgan fingerprint density at radius 2 is 1.80 bits per heavy atom. The van der Waals surface area contributed by atoms with Crippen LogP contribution in [0.15, 0.2) is 12.2 Å². The molecule has 1 heteroatoms. The van der Waals surface area contributed by atoms with Crippen molar-refractivity contribution < 1.29 is 5.11 Å². The molecule has 0 aromatic carbocycles. The minimum Gasteiger partial charge on any atom is -0.389 e. The molecule has 1 nitrogen and oxygen atoms in total. The van der Waals surface area contributed by atoms with Crippen LogP contribution in [-0.2, 0) is 0 Å². The third kappa shape index (κ3) is 1.54. The first-order valence-electron chi connectivity index (χ1n) is 8.89. The first kappa shape index (κ1) is 13.4. The Labute approximate surface area is 123 Å². The SMILES string of the molecule is C[C@@]12CCC[C@H]1[C@@H]1CCC3(O)CCC=C[C@]3(C)[C@@H]1CC2.